The van der Waals surface area contributed by atoms with Gasteiger partial charge < -0.3 is 0 Å². The van der Waals surface area contributed by atoms with Crippen LogP contribution in [0.15, 0.2) is 104 Å². The zero-order valence-electron chi connectivity index (χ0n) is 16.6. The lowest BCUT2D eigenvalue weighted by Crippen LogP contribution is -2.33. The molecule has 2 heterocycles. The summed E-state index contributed by atoms with van der Waals surface area (Å²) in [5, 5.41) is 5.36. The Morgan fingerprint density at radius 3 is 1.72 bits per heavy atom. The summed E-state index contributed by atoms with van der Waals surface area (Å²) in [5.41, 5.74) is 3.93. The van der Waals surface area contributed by atoms with E-state index in [0.29, 0.717) is 0 Å². The molecule has 140 valence electrons. The highest BCUT2D eigenvalue weighted by Crippen LogP contribution is 2.28. The van der Waals surface area contributed by atoms with Crippen molar-refractivity contribution >= 4 is 21.5 Å². The Morgan fingerprint density at radius 1 is 0.621 bits per heavy atom. The molecule has 5 rings (SSSR count). The highest BCUT2D eigenvalue weighted by molar-refractivity contribution is 6.02. The number of hydrogen-bond donors (Lipinski definition) is 0. The molecule has 0 radical (unpaired) electrons. The van der Waals surface area contributed by atoms with Gasteiger partial charge in [0.25, 0.3) is 0 Å². The van der Waals surface area contributed by atoms with E-state index in [0.717, 1.165) is 13.0 Å². The Hall–Kier alpha value is -3.52. The summed E-state index contributed by atoms with van der Waals surface area (Å²) >= 11 is 0. The van der Waals surface area contributed by atoms with Crippen LogP contribution in [0.25, 0.3) is 32.7 Å². The molecule has 5 aromatic rings. The van der Waals surface area contributed by atoms with Crippen molar-refractivity contribution < 1.29 is 9.13 Å². The van der Waals surface area contributed by atoms with Gasteiger partial charge in [-0.05, 0) is 44.3 Å². The highest BCUT2D eigenvalue weighted by atomic mass is 14.9. The van der Waals surface area contributed by atoms with Gasteiger partial charge in [-0.2, -0.15) is 0 Å². The van der Waals surface area contributed by atoms with Crippen molar-refractivity contribution in [3.8, 4) is 11.1 Å². The fourth-order valence-corrected chi connectivity index (χ4v) is 4.11. The molecule has 0 saturated heterocycles. The molecule has 0 aliphatic carbocycles. The molecular weight excluding hydrogens is 352 g/mol. The summed E-state index contributed by atoms with van der Waals surface area (Å²) in [6.45, 7) is 0.960. The molecule has 3 aromatic carbocycles. The van der Waals surface area contributed by atoms with Gasteiger partial charge in [0, 0.05) is 30.7 Å². The Labute approximate surface area is 171 Å². The van der Waals surface area contributed by atoms with Gasteiger partial charge in [-0.3, -0.25) is 0 Å². The first-order chi connectivity index (χ1) is 14.3. The second-order valence-corrected chi connectivity index (χ2v) is 7.62. The number of pyridine rings is 2. The minimum atomic E-state index is 0.960. The van der Waals surface area contributed by atoms with Gasteiger partial charge in [-0.15, -0.1) is 0 Å². The summed E-state index contributed by atoms with van der Waals surface area (Å²) in [6.07, 6.45) is 9.56. The number of aryl methyl sites for hydroxylation is 3. The van der Waals surface area contributed by atoms with Gasteiger partial charge in [-0.25, -0.2) is 9.13 Å². The lowest BCUT2D eigenvalue weighted by molar-refractivity contribution is -0.696. The van der Waals surface area contributed by atoms with Crippen molar-refractivity contribution in [2.75, 3.05) is 0 Å². The van der Waals surface area contributed by atoms with Crippen LogP contribution in [0.2, 0.25) is 0 Å². The van der Waals surface area contributed by atoms with Crippen LogP contribution in [0, 0.1) is 0 Å². The Morgan fingerprint density at radius 2 is 1.14 bits per heavy atom. The van der Waals surface area contributed by atoms with Crippen LogP contribution in [-0.2, 0) is 20.0 Å². The molecule has 2 aromatic heterocycles. The van der Waals surface area contributed by atoms with Crippen molar-refractivity contribution in [1.29, 1.82) is 0 Å². The minimum Gasteiger partial charge on any atom is -0.208 e. The molecule has 0 fully saturated rings. The van der Waals surface area contributed by atoms with E-state index < -0.39 is 0 Å². The van der Waals surface area contributed by atoms with E-state index in [4.69, 9.17) is 0 Å². The average Bonchev–Trinajstić information content (AvgIpc) is 2.77. The SMILES string of the molecule is C[n+]1ccc(-c2cc[n+](CCc3c4ccccc4cc4ccccc34)cc2)cc1. The van der Waals surface area contributed by atoms with Crippen LogP contribution in [0.4, 0.5) is 0 Å². The smallest absolute Gasteiger partial charge is 0.169 e. The minimum absolute atomic E-state index is 0.960. The van der Waals surface area contributed by atoms with Crippen molar-refractivity contribution in [3.05, 3.63) is 109 Å². The molecule has 0 N–H and O–H groups in total. The molecular formula is C27H24N2+2. The predicted octanol–water partition coefficient (Wildman–Crippen LogP) is 5.01. The summed E-state index contributed by atoms with van der Waals surface area (Å²) < 4.78 is 4.34. The largest absolute Gasteiger partial charge is 0.208 e. The zero-order chi connectivity index (χ0) is 19.6. The first kappa shape index (κ1) is 17.6. The van der Waals surface area contributed by atoms with E-state index in [9.17, 15) is 0 Å². The first-order valence-corrected chi connectivity index (χ1v) is 10.1. The summed E-state index contributed by atoms with van der Waals surface area (Å²) in [7, 11) is 2.04. The second kappa shape index (κ2) is 7.48. The van der Waals surface area contributed by atoms with Gasteiger partial charge in [0.15, 0.2) is 31.3 Å². The van der Waals surface area contributed by atoms with Crippen molar-refractivity contribution in [3.63, 3.8) is 0 Å². The quantitative estimate of drug-likeness (QED) is 0.308. The fraction of sp³-hybridized carbons (Fsp3) is 0.111. The topological polar surface area (TPSA) is 7.76 Å². The molecule has 0 saturated carbocycles. The summed E-state index contributed by atoms with van der Waals surface area (Å²) in [6, 6.07) is 28.5. The highest BCUT2D eigenvalue weighted by Gasteiger charge is 2.10. The van der Waals surface area contributed by atoms with Crippen LogP contribution in [0.1, 0.15) is 5.56 Å². The van der Waals surface area contributed by atoms with E-state index in [1.54, 1.807) is 0 Å². The number of hydrogen-bond acceptors (Lipinski definition) is 0. The summed E-state index contributed by atoms with van der Waals surface area (Å²) in [5.74, 6) is 0. The van der Waals surface area contributed by atoms with Gasteiger partial charge in [0.1, 0.15) is 7.05 Å². The maximum Gasteiger partial charge on any atom is 0.169 e. The molecule has 0 atom stereocenters. The number of rotatable bonds is 4. The van der Waals surface area contributed by atoms with Crippen molar-refractivity contribution in [1.82, 2.24) is 0 Å². The molecule has 0 spiro atoms. The average molecular weight is 377 g/mol. The van der Waals surface area contributed by atoms with Crippen molar-refractivity contribution in [2.45, 2.75) is 13.0 Å². The number of aromatic nitrogens is 2. The fourth-order valence-electron chi connectivity index (χ4n) is 4.11. The first-order valence-electron chi connectivity index (χ1n) is 10.1. The molecule has 2 nitrogen and oxygen atoms in total. The Bertz CT molecular complexity index is 1230. The standard InChI is InChI=1S/C27H24N2/c1-28-15-10-21(11-16-28)22-12-17-29(18-13-22)19-14-27-25-8-4-2-6-23(25)20-24-7-3-5-9-26(24)27/h2-13,15-18,20H,14,19H2,1H3/q+2. The molecule has 29 heavy (non-hydrogen) atoms. The van der Waals surface area contributed by atoms with Crippen LogP contribution < -0.4 is 9.13 Å². The van der Waals surface area contributed by atoms with E-state index in [1.807, 2.05) is 7.05 Å². The summed E-state index contributed by atoms with van der Waals surface area (Å²) in [4.78, 5) is 0. The number of nitrogens with zero attached hydrogens (tertiary/aromatic N) is 2. The van der Waals surface area contributed by atoms with Gasteiger partial charge in [0.05, 0.1) is 0 Å². The van der Waals surface area contributed by atoms with E-state index in [1.165, 1.54) is 38.2 Å². The normalized spacial score (nSPS) is 11.2. The van der Waals surface area contributed by atoms with Crippen LogP contribution in [0.5, 0.6) is 0 Å². The van der Waals surface area contributed by atoms with E-state index >= 15 is 0 Å². The van der Waals surface area contributed by atoms with Crippen LogP contribution >= 0.6 is 0 Å². The molecule has 0 aliphatic rings. The Balaban J connectivity index is 1.45. The van der Waals surface area contributed by atoms with Gasteiger partial charge in [-0.1, -0.05) is 48.5 Å². The third-order valence-electron chi connectivity index (χ3n) is 5.71. The van der Waals surface area contributed by atoms with E-state index in [2.05, 4.69) is 113 Å². The second-order valence-electron chi connectivity index (χ2n) is 7.62. The van der Waals surface area contributed by atoms with Crippen molar-refractivity contribution in [2.24, 2.45) is 7.05 Å². The third-order valence-corrected chi connectivity index (χ3v) is 5.71. The molecule has 2 heteroatoms. The van der Waals surface area contributed by atoms with Gasteiger partial charge in [0.2, 0.25) is 0 Å². The molecule has 0 unspecified atom stereocenters. The lowest BCUT2D eigenvalue weighted by Gasteiger charge is -2.10. The number of fused-ring (bicyclic) bond motifs is 2. The number of benzene rings is 3. The lowest BCUT2D eigenvalue weighted by atomic mass is 9.95. The zero-order valence-corrected chi connectivity index (χ0v) is 16.6. The van der Waals surface area contributed by atoms with Crippen LogP contribution in [0.3, 0.4) is 0 Å². The monoisotopic (exact) mass is 376 g/mol. The maximum absolute atomic E-state index is 2.30. The van der Waals surface area contributed by atoms with Crippen LogP contribution in [-0.4, -0.2) is 0 Å². The molecule has 0 aliphatic heterocycles. The third kappa shape index (κ3) is 3.50. The Kier molecular flexibility index (Phi) is 4.53. The van der Waals surface area contributed by atoms with Gasteiger partial charge >= 0.3 is 0 Å². The molecule has 0 amide bonds. The van der Waals surface area contributed by atoms with E-state index in [-0.39, 0.29) is 0 Å². The molecule has 0 bridgehead atoms. The maximum atomic E-state index is 2.30. The predicted molar refractivity (Wildman–Crippen MR) is 118 cm³/mol.